The lowest BCUT2D eigenvalue weighted by Crippen LogP contribution is -2.23. The minimum Gasteiger partial charge on any atom is -0.384 e. The van der Waals surface area contributed by atoms with Gasteiger partial charge in [0, 0.05) is 24.2 Å². The lowest BCUT2D eigenvalue weighted by Gasteiger charge is -2.12. The summed E-state index contributed by atoms with van der Waals surface area (Å²) >= 11 is 0. The number of imidazole rings is 1. The van der Waals surface area contributed by atoms with E-state index in [-0.39, 0.29) is 11.8 Å². The van der Waals surface area contributed by atoms with Crippen LogP contribution in [0.15, 0.2) is 30.6 Å². The molecule has 1 aromatic heterocycles. The lowest BCUT2D eigenvalue weighted by molar-refractivity contribution is -0.120. The highest BCUT2D eigenvalue weighted by Gasteiger charge is 2.12. The van der Waals surface area contributed by atoms with E-state index in [1.807, 2.05) is 49.6 Å². The van der Waals surface area contributed by atoms with E-state index >= 15 is 0 Å². The third kappa shape index (κ3) is 3.49. The molecule has 2 rings (SSSR count). The molecule has 0 aliphatic rings. The Morgan fingerprint density at radius 2 is 2.00 bits per heavy atom. The molecule has 1 heterocycles. The van der Waals surface area contributed by atoms with Crippen LogP contribution in [0.1, 0.15) is 18.3 Å². The molecular weight excluding hydrogens is 266 g/mol. The summed E-state index contributed by atoms with van der Waals surface area (Å²) < 4.78 is 7.01. The second-order valence-electron chi connectivity index (χ2n) is 5.18. The Hall–Kier alpha value is -2.14. The van der Waals surface area contributed by atoms with Crippen LogP contribution in [0.4, 0.5) is 5.69 Å². The van der Waals surface area contributed by atoms with Gasteiger partial charge in [-0.1, -0.05) is 6.92 Å². The van der Waals surface area contributed by atoms with E-state index in [0.29, 0.717) is 6.61 Å². The van der Waals surface area contributed by atoms with Gasteiger partial charge in [-0.15, -0.1) is 0 Å². The zero-order chi connectivity index (χ0) is 15.4. The largest absolute Gasteiger partial charge is 0.384 e. The van der Waals surface area contributed by atoms with Gasteiger partial charge in [-0.2, -0.15) is 0 Å². The van der Waals surface area contributed by atoms with Crippen molar-refractivity contribution in [3.05, 3.63) is 42.0 Å². The fraction of sp³-hybridized carbons (Fsp3) is 0.375. The van der Waals surface area contributed by atoms with Gasteiger partial charge in [0.05, 0.1) is 24.5 Å². The van der Waals surface area contributed by atoms with Crippen molar-refractivity contribution in [1.29, 1.82) is 0 Å². The fourth-order valence-corrected chi connectivity index (χ4v) is 2.06. The first-order valence-electron chi connectivity index (χ1n) is 6.93. The number of nitrogens with zero attached hydrogens (tertiary/aromatic N) is 2. The summed E-state index contributed by atoms with van der Waals surface area (Å²) in [5, 5.41) is 2.88. The number of methoxy groups -OCH3 is 1. The number of ether oxygens (including phenoxy) is 1. The minimum absolute atomic E-state index is 0.0424. The minimum atomic E-state index is -0.173. The van der Waals surface area contributed by atoms with Gasteiger partial charge in [0.2, 0.25) is 5.91 Å². The van der Waals surface area contributed by atoms with Gasteiger partial charge >= 0.3 is 0 Å². The lowest BCUT2D eigenvalue weighted by atomic mass is 10.1. The van der Waals surface area contributed by atoms with Crippen molar-refractivity contribution in [3.8, 4) is 5.69 Å². The molecule has 21 heavy (non-hydrogen) atoms. The highest BCUT2D eigenvalue weighted by atomic mass is 16.5. The van der Waals surface area contributed by atoms with E-state index in [1.165, 1.54) is 0 Å². The highest BCUT2D eigenvalue weighted by molar-refractivity contribution is 5.92. The molecular formula is C16H21N3O2. The Morgan fingerprint density at radius 1 is 1.33 bits per heavy atom. The number of hydrogen-bond acceptors (Lipinski definition) is 3. The van der Waals surface area contributed by atoms with E-state index in [0.717, 1.165) is 22.8 Å². The van der Waals surface area contributed by atoms with Crippen LogP contribution in [0.3, 0.4) is 0 Å². The van der Waals surface area contributed by atoms with Crippen molar-refractivity contribution < 1.29 is 9.53 Å². The third-order valence-corrected chi connectivity index (χ3v) is 3.53. The maximum absolute atomic E-state index is 11.9. The molecule has 5 heteroatoms. The van der Waals surface area contributed by atoms with Crippen LogP contribution in [-0.2, 0) is 9.53 Å². The van der Waals surface area contributed by atoms with Gasteiger partial charge < -0.3 is 14.6 Å². The summed E-state index contributed by atoms with van der Waals surface area (Å²) in [6.07, 6.45) is 1.80. The van der Waals surface area contributed by atoms with Gasteiger partial charge in [-0.3, -0.25) is 4.79 Å². The second kappa shape index (κ2) is 6.54. The van der Waals surface area contributed by atoms with Crippen LogP contribution in [-0.4, -0.2) is 29.2 Å². The monoisotopic (exact) mass is 287 g/mol. The van der Waals surface area contributed by atoms with Crippen LogP contribution in [0.25, 0.3) is 5.69 Å². The number of aryl methyl sites for hydroxylation is 1. The molecule has 1 aromatic carbocycles. The molecule has 1 unspecified atom stereocenters. The predicted octanol–water partition coefficient (Wildman–Crippen LogP) is 2.71. The van der Waals surface area contributed by atoms with Gasteiger partial charge in [-0.05, 0) is 38.1 Å². The van der Waals surface area contributed by atoms with Crippen molar-refractivity contribution in [1.82, 2.24) is 9.55 Å². The van der Waals surface area contributed by atoms with Gasteiger partial charge in [-0.25, -0.2) is 4.98 Å². The molecule has 0 saturated carbocycles. The number of hydrogen-bond donors (Lipinski definition) is 1. The summed E-state index contributed by atoms with van der Waals surface area (Å²) in [6, 6.07) is 7.71. The summed E-state index contributed by atoms with van der Waals surface area (Å²) in [5.41, 5.74) is 3.93. The fourth-order valence-electron chi connectivity index (χ4n) is 2.06. The summed E-state index contributed by atoms with van der Waals surface area (Å²) in [4.78, 5) is 16.2. The number of carbonyl (C=O) groups is 1. The molecule has 0 fully saturated rings. The number of rotatable bonds is 5. The first kappa shape index (κ1) is 15.3. The van der Waals surface area contributed by atoms with E-state index in [1.54, 1.807) is 13.4 Å². The van der Waals surface area contributed by atoms with Crippen LogP contribution in [0, 0.1) is 19.8 Å². The Labute approximate surface area is 125 Å². The third-order valence-electron chi connectivity index (χ3n) is 3.53. The molecule has 5 nitrogen and oxygen atoms in total. The van der Waals surface area contributed by atoms with Gasteiger partial charge in [0.1, 0.15) is 0 Å². The van der Waals surface area contributed by atoms with Crippen molar-refractivity contribution in [2.75, 3.05) is 19.0 Å². The maximum Gasteiger partial charge on any atom is 0.229 e. The molecule has 0 radical (unpaired) electrons. The molecule has 2 aromatic rings. The first-order valence-corrected chi connectivity index (χ1v) is 6.93. The molecule has 0 spiro atoms. The molecule has 0 aliphatic heterocycles. The van der Waals surface area contributed by atoms with Crippen molar-refractivity contribution >= 4 is 11.6 Å². The maximum atomic E-state index is 11.9. The van der Waals surface area contributed by atoms with Gasteiger partial charge in [0.25, 0.3) is 0 Å². The summed E-state index contributed by atoms with van der Waals surface area (Å²) in [5.74, 6) is -0.215. The average molecular weight is 287 g/mol. The molecule has 1 amide bonds. The van der Waals surface area contributed by atoms with E-state index in [4.69, 9.17) is 4.74 Å². The van der Waals surface area contributed by atoms with E-state index in [9.17, 15) is 4.79 Å². The number of nitrogens with one attached hydrogen (secondary N) is 1. The standard InChI is InChI=1S/C16H21N3O2/c1-11(9-21-4)16(20)18-14-5-7-15(8-6-14)19-10-17-12(2)13(19)3/h5-8,10-11H,9H2,1-4H3,(H,18,20). The SMILES string of the molecule is COCC(C)C(=O)Nc1ccc(-n2cnc(C)c2C)cc1. The van der Waals surface area contributed by atoms with E-state index in [2.05, 4.69) is 10.3 Å². The molecule has 1 atom stereocenters. The molecule has 0 bridgehead atoms. The molecule has 0 saturated heterocycles. The topological polar surface area (TPSA) is 56.1 Å². The second-order valence-corrected chi connectivity index (χ2v) is 5.18. The first-order chi connectivity index (χ1) is 10.0. The van der Waals surface area contributed by atoms with E-state index < -0.39 is 0 Å². The number of carbonyl (C=O) groups excluding carboxylic acids is 1. The van der Waals surface area contributed by atoms with Crippen LogP contribution < -0.4 is 5.32 Å². The van der Waals surface area contributed by atoms with Crippen LogP contribution in [0.2, 0.25) is 0 Å². The molecule has 1 N–H and O–H groups in total. The smallest absolute Gasteiger partial charge is 0.229 e. The van der Waals surface area contributed by atoms with Crippen molar-refractivity contribution in [2.45, 2.75) is 20.8 Å². The summed E-state index contributed by atoms with van der Waals surface area (Å²) in [6.45, 7) is 6.27. The summed E-state index contributed by atoms with van der Waals surface area (Å²) in [7, 11) is 1.59. The Kier molecular flexibility index (Phi) is 4.75. The zero-order valence-electron chi connectivity index (χ0n) is 12.9. The number of aromatic nitrogens is 2. The Balaban J connectivity index is 2.09. The Bertz CT molecular complexity index is 617. The predicted molar refractivity (Wildman–Crippen MR) is 82.7 cm³/mol. The number of amides is 1. The van der Waals surface area contributed by atoms with Crippen LogP contribution >= 0.6 is 0 Å². The zero-order valence-corrected chi connectivity index (χ0v) is 12.9. The normalized spacial score (nSPS) is 12.2. The van der Waals surface area contributed by atoms with Crippen LogP contribution in [0.5, 0.6) is 0 Å². The Morgan fingerprint density at radius 3 is 2.52 bits per heavy atom. The quantitative estimate of drug-likeness (QED) is 0.920. The highest BCUT2D eigenvalue weighted by Crippen LogP contribution is 2.17. The average Bonchev–Trinajstić information content (AvgIpc) is 2.80. The number of anilines is 1. The molecule has 0 aliphatic carbocycles. The number of benzene rings is 1. The van der Waals surface area contributed by atoms with Gasteiger partial charge in [0.15, 0.2) is 0 Å². The van der Waals surface area contributed by atoms with Crippen molar-refractivity contribution in [2.24, 2.45) is 5.92 Å². The van der Waals surface area contributed by atoms with Crippen molar-refractivity contribution in [3.63, 3.8) is 0 Å². The molecule has 112 valence electrons.